The van der Waals surface area contributed by atoms with Crippen LogP contribution in [0.4, 0.5) is 0 Å². The molecule has 14 heavy (non-hydrogen) atoms. The molecule has 2 atom stereocenters. The summed E-state index contributed by atoms with van der Waals surface area (Å²) in [6, 6.07) is 6.62. The van der Waals surface area contributed by atoms with E-state index >= 15 is 0 Å². The maximum absolute atomic E-state index is 10.9. The third kappa shape index (κ3) is 2.25. The molecule has 0 aliphatic carbocycles. The summed E-state index contributed by atoms with van der Waals surface area (Å²) >= 11 is 5.83. The smallest absolute Gasteiger partial charge is 0.313 e. The minimum absolute atomic E-state index is 0.362. The summed E-state index contributed by atoms with van der Waals surface area (Å²) in [6.07, 6.45) is -0.965. The van der Waals surface area contributed by atoms with Crippen molar-refractivity contribution in [2.75, 3.05) is 0 Å². The summed E-state index contributed by atoms with van der Waals surface area (Å²) in [4.78, 5) is 10.9. The van der Waals surface area contributed by atoms with E-state index in [4.69, 9.17) is 16.7 Å². The summed E-state index contributed by atoms with van der Waals surface area (Å²) < 4.78 is 0. The lowest BCUT2D eigenvalue weighted by molar-refractivity contribution is -0.141. The van der Waals surface area contributed by atoms with E-state index in [0.717, 1.165) is 0 Å². The number of aliphatic hydroxyl groups excluding tert-OH is 1. The van der Waals surface area contributed by atoms with Crippen LogP contribution < -0.4 is 0 Å². The minimum atomic E-state index is -1.08. The Morgan fingerprint density at radius 1 is 1.43 bits per heavy atom. The van der Waals surface area contributed by atoms with Gasteiger partial charge in [0.25, 0.3) is 0 Å². The zero-order valence-electron chi connectivity index (χ0n) is 7.64. The van der Waals surface area contributed by atoms with Crippen molar-refractivity contribution in [1.29, 1.82) is 0 Å². The van der Waals surface area contributed by atoms with Crippen molar-refractivity contribution < 1.29 is 15.0 Å². The second-order valence-corrected chi connectivity index (χ2v) is 3.49. The minimum Gasteiger partial charge on any atom is -0.481 e. The molecule has 0 radical (unpaired) electrons. The maximum atomic E-state index is 10.9. The van der Waals surface area contributed by atoms with Gasteiger partial charge in [-0.3, -0.25) is 4.79 Å². The fourth-order valence-corrected chi connectivity index (χ4v) is 1.58. The topological polar surface area (TPSA) is 57.5 Å². The molecule has 4 heteroatoms. The molecule has 1 aromatic carbocycles. The molecule has 0 saturated heterocycles. The average Bonchev–Trinajstić information content (AvgIpc) is 2.07. The maximum Gasteiger partial charge on any atom is 0.313 e. The number of halogens is 1. The molecule has 0 unspecified atom stereocenters. The number of carboxylic acids is 1. The molecule has 1 rings (SSSR count). The van der Waals surface area contributed by atoms with E-state index in [1.54, 1.807) is 24.3 Å². The van der Waals surface area contributed by atoms with Crippen molar-refractivity contribution in [3.63, 3.8) is 0 Å². The number of aliphatic carboxylic acids is 1. The molecule has 76 valence electrons. The summed E-state index contributed by atoms with van der Waals surface area (Å²) in [7, 11) is 0. The molecule has 0 heterocycles. The Hall–Kier alpha value is -1.06. The van der Waals surface area contributed by atoms with Gasteiger partial charge in [-0.15, -0.1) is 0 Å². The highest BCUT2D eigenvalue weighted by Gasteiger charge is 2.26. The number of rotatable bonds is 3. The molecular formula is C10H11ClO3. The van der Waals surface area contributed by atoms with E-state index in [0.29, 0.717) is 10.6 Å². The van der Waals surface area contributed by atoms with Gasteiger partial charge in [0.05, 0.1) is 6.10 Å². The van der Waals surface area contributed by atoms with E-state index in [9.17, 15) is 9.90 Å². The van der Waals surface area contributed by atoms with Crippen LogP contribution in [0.1, 0.15) is 18.4 Å². The lowest BCUT2D eigenvalue weighted by Gasteiger charge is -2.16. The number of benzene rings is 1. The molecule has 0 amide bonds. The number of hydrogen-bond acceptors (Lipinski definition) is 2. The van der Waals surface area contributed by atoms with Crippen molar-refractivity contribution in [1.82, 2.24) is 0 Å². The van der Waals surface area contributed by atoms with Crippen LogP contribution in [0.25, 0.3) is 0 Å². The fourth-order valence-electron chi connectivity index (χ4n) is 1.33. The van der Waals surface area contributed by atoms with Crippen LogP contribution in [0.15, 0.2) is 24.3 Å². The first-order valence-corrected chi connectivity index (χ1v) is 4.57. The van der Waals surface area contributed by atoms with Crippen molar-refractivity contribution >= 4 is 17.6 Å². The van der Waals surface area contributed by atoms with Crippen molar-refractivity contribution in [2.45, 2.75) is 18.9 Å². The predicted octanol–water partition coefficient (Wildman–Crippen LogP) is 1.89. The highest BCUT2D eigenvalue weighted by atomic mass is 35.5. The number of aliphatic hydroxyl groups is 1. The lowest BCUT2D eigenvalue weighted by Crippen LogP contribution is -2.23. The summed E-state index contributed by atoms with van der Waals surface area (Å²) in [5.41, 5.74) is 0.441. The molecule has 0 bridgehead atoms. The predicted molar refractivity (Wildman–Crippen MR) is 53.5 cm³/mol. The van der Waals surface area contributed by atoms with Gasteiger partial charge < -0.3 is 10.2 Å². The summed E-state index contributed by atoms with van der Waals surface area (Å²) in [5, 5.41) is 18.6. The lowest BCUT2D eigenvalue weighted by atomic mass is 9.94. The Kier molecular flexibility index (Phi) is 3.49. The Bertz CT molecular complexity index is 336. The molecule has 3 nitrogen and oxygen atoms in total. The van der Waals surface area contributed by atoms with Crippen LogP contribution in [0.5, 0.6) is 0 Å². The SMILES string of the molecule is C[C@H](O)[C@H](C(=O)O)c1ccccc1Cl. The van der Waals surface area contributed by atoms with Crippen molar-refractivity contribution in [2.24, 2.45) is 0 Å². The zero-order chi connectivity index (χ0) is 10.7. The van der Waals surface area contributed by atoms with Gasteiger partial charge in [-0.1, -0.05) is 29.8 Å². The van der Waals surface area contributed by atoms with Crippen LogP contribution in [0, 0.1) is 0 Å². The molecule has 0 aromatic heterocycles. The van der Waals surface area contributed by atoms with E-state index in [1.807, 2.05) is 0 Å². The second-order valence-electron chi connectivity index (χ2n) is 3.08. The largest absolute Gasteiger partial charge is 0.481 e. The van der Waals surface area contributed by atoms with E-state index in [1.165, 1.54) is 6.92 Å². The molecule has 0 spiro atoms. The molecular weight excluding hydrogens is 204 g/mol. The van der Waals surface area contributed by atoms with E-state index in [-0.39, 0.29) is 0 Å². The number of hydrogen-bond donors (Lipinski definition) is 2. The van der Waals surface area contributed by atoms with Gasteiger partial charge in [-0.2, -0.15) is 0 Å². The van der Waals surface area contributed by atoms with Gasteiger partial charge in [0.15, 0.2) is 0 Å². The molecule has 1 aromatic rings. The number of carbonyl (C=O) groups is 1. The van der Waals surface area contributed by atoms with Gasteiger partial charge in [-0.05, 0) is 18.6 Å². The Morgan fingerprint density at radius 2 is 2.00 bits per heavy atom. The Balaban J connectivity index is 3.12. The van der Waals surface area contributed by atoms with Crippen LogP contribution in [-0.2, 0) is 4.79 Å². The van der Waals surface area contributed by atoms with Gasteiger partial charge in [0.1, 0.15) is 5.92 Å². The Morgan fingerprint density at radius 3 is 2.43 bits per heavy atom. The van der Waals surface area contributed by atoms with Crippen LogP contribution >= 0.6 is 11.6 Å². The zero-order valence-corrected chi connectivity index (χ0v) is 8.40. The third-order valence-electron chi connectivity index (χ3n) is 1.99. The Labute approximate surface area is 86.9 Å². The van der Waals surface area contributed by atoms with Gasteiger partial charge >= 0.3 is 5.97 Å². The summed E-state index contributed by atoms with van der Waals surface area (Å²) in [6.45, 7) is 1.43. The van der Waals surface area contributed by atoms with Crippen molar-refractivity contribution in [3.05, 3.63) is 34.9 Å². The molecule has 2 N–H and O–H groups in total. The van der Waals surface area contributed by atoms with Crippen LogP contribution in [0.2, 0.25) is 5.02 Å². The van der Waals surface area contributed by atoms with E-state index in [2.05, 4.69) is 0 Å². The van der Waals surface area contributed by atoms with Crippen LogP contribution in [0.3, 0.4) is 0 Å². The summed E-state index contributed by atoms with van der Waals surface area (Å²) in [5.74, 6) is -2.04. The van der Waals surface area contributed by atoms with Crippen LogP contribution in [-0.4, -0.2) is 22.3 Å². The van der Waals surface area contributed by atoms with Gasteiger partial charge in [0.2, 0.25) is 0 Å². The monoisotopic (exact) mass is 214 g/mol. The average molecular weight is 215 g/mol. The molecule has 0 saturated carbocycles. The van der Waals surface area contributed by atoms with Crippen molar-refractivity contribution in [3.8, 4) is 0 Å². The first-order chi connectivity index (χ1) is 6.54. The molecule has 0 aliphatic heterocycles. The van der Waals surface area contributed by atoms with Gasteiger partial charge in [-0.25, -0.2) is 0 Å². The molecule has 0 aliphatic rings. The third-order valence-corrected chi connectivity index (χ3v) is 2.33. The quantitative estimate of drug-likeness (QED) is 0.808. The normalized spacial score (nSPS) is 14.8. The fraction of sp³-hybridized carbons (Fsp3) is 0.300. The second kappa shape index (κ2) is 4.44. The standard InChI is InChI=1S/C10H11ClO3/c1-6(12)9(10(13)14)7-4-2-3-5-8(7)11/h2-6,9,12H,1H3,(H,13,14)/t6-,9-/m0/s1. The first-order valence-electron chi connectivity index (χ1n) is 4.19. The van der Waals surface area contributed by atoms with Gasteiger partial charge in [0, 0.05) is 5.02 Å². The number of carboxylic acid groups (broad SMARTS) is 1. The highest BCUT2D eigenvalue weighted by Crippen LogP contribution is 2.27. The highest BCUT2D eigenvalue weighted by molar-refractivity contribution is 6.31. The first kappa shape index (κ1) is 11.0. The van der Waals surface area contributed by atoms with E-state index < -0.39 is 18.0 Å². The molecule has 0 fully saturated rings.